The summed E-state index contributed by atoms with van der Waals surface area (Å²) in [6.07, 6.45) is 8.02. The van der Waals surface area contributed by atoms with Crippen molar-refractivity contribution in [3.63, 3.8) is 0 Å². The van der Waals surface area contributed by atoms with E-state index in [-0.39, 0.29) is 29.5 Å². The van der Waals surface area contributed by atoms with Crippen LogP contribution in [-0.4, -0.2) is 60.9 Å². The van der Waals surface area contributed by atoms with Gasteiger partial charge in [0.15, 0.2) is 5.78 Å². The van der Waals surface area contributed by atoms with Crippen molar-refractivity contribution >= 4 is 28.2 Å². The van der Waals surface area contributed by atoms with Crippen molar-refractivity contribution in [3.05, 3.63) is 35.9 Å². The van der Waals surface area contributed by atoms with E-state index in [4.69, 9.17) is 0 Å². The summed E-state index contributed by atoms with van der Waals surface area (Å²) in [4.78, 5) is 15.2. The summed E-state index contributed by atoms with van der Waals surface area (Å²) in [5, 5.41) is 0. The maximum atomic E-state index is 12.7. The van der Waals surface area contributed by atoms with Gasteiger partial charge >= 0.3 is 0 Å². The van der Waals surface area contributed by atoms with Crippen LogP contribution in [0.1, 0.15) is 68.6 Å². The van der Waals surface area contributed by atoms with Gasteiger partial charge in [0, 0.05) is 43.7 Å². The third-order valence-corrected chi connectivity index (χ3v) is 8.54. The number of piperazine rings is 1. The van der Waals surface area contributed by atoms with Gasteiger partial charge in [-0.25, -0.2) is 8.42 Å². The highest BCUT2D eigenvalue weighted by atomic mass is 35.5. The first kappa shape index (κ1) is 24.3. The van der Waals surface area contributed by atoms with E-state index in [1.807, 2.05) is 37.3 Å². The molecule has 1 heterocycles. The second-order valence-corrected chi connectivity index (χ2v) is 10.4. The topological polar surface area (TPSA) is 57.7 Å². The van der Waals surface area contributed by atoms with Crippen LogP contribution in [0.25, 0.3) is 0 Å². The molecule has 1 aliphatic carbocycles. The number of hydrogen-bond acceptors (Lipinski definition) is 4. The molecule has 0 bridgehead atoms. The van der Waals surface area contributed by atoms with Gasteiger partial charge in [0.2, 0.25) is 10.0 Å². The van der Waals surface area contributed by atoms with Crippen LogP contribution in [0, 0.1) is 0 Å². The van der Waals surface area contributed by atoms with Gasteiger partial charge in [0.1, 0.15) is 0 Å². The van der Waals surface area contributed by atoms with E-state index in [9.17, 15) is 13.2 Å². The Balaban J connectivity index is 0.00000300. The van der Waals surface area contributed by atoms with Gasteiger partial charge in [-0.3, -0.25) is 9.69 Å². The molecule has 5 nitrogen and oxygen atoms in total. The Bertz CT molecular complexity index is 741. The van der Waals surface area contributed by atoms with Crippen LogP contribution in [0.5, 0.6) is 0 Å². The maximum absolute atomic E-state index is 12.7. The van der Waals surface area contributed by atoms with E-state index in [0.717, 1.165) is 37.9 Å². The minimum atomic E-state index is -3.12. The number of ketones is 1. The number of carbonyl (C=O) groups is 1. The molecule has 0 amide bonds. The van der Waals surface area contributed by atoms with Gasteiger partial charge in [-0.2, -0.15) is 4.31 Å². The van der Waals surface area contributed by atoms with Crippen LogP contribution in [0.2, 0.25) is 0 Å². The van der Waals surface area contributed by atoms with Crippen LogP contribution < -0.4 is 0 Å². The van der Waals surface area contributed by atoms with Crippen molar-refractivity contribution < 1.29 is 13.2 Å². The van der Waals surface area contributed by atoms with Gasteiger partial charge in [0.05, 0.1) is 5.75 Å². The summed E-state index contributed by atoms with van der Waals surface area (Å²) in [7, 11) is -3.12. The molecule has 0 unspecified atom stereocenters. The van der Waals surface area contributed by atoms with Crippen LogP contribution >= 0.6 is 12.4 Å². The standard InChI is InChI=1S/C22H34N2O3S.ClH/c1-2-19-28(26,27)24-17-15-23(16-18-24)22(12-7-4-8-13-22)14-11-21(25)20-9-5-3-6-10-20;/h3,5-6,9-10H,2,4,7-8,11-19H2,1H3;1H. The molecular formula is C22H35ClN2O3S. The number of Topliss-reactive ketones (excluding diaryl/α,β-unsaturated/α-hetero) is 1. The van der Waals surface area contributed by atoms with Crippen LogP contribution in [0.4, 0.5) is 0 Å². The lowest BCUT2D eigenvalue weighted by atomic mass is 9.76. The number of halogens is 1. The molecule has 1 aromatic carbocycles. The largest absolute Gasteiger partial charge is 0.295 e. The van der Waals surface area contributed by atoms with Gasteiger partial charge in [-0.15, -0.1) is 12.4 Å². The van der Waals surface area contributed by atoms with E-state index >= 15 is 0 Å². The van der Waals surface area contributed by atoms with E-state index < -0.39 is 10.0 Å². The molecule has 2 aliphatic rings. The van der Waals surface area contributed by atoms with E-state index in [1.54, 1.807) is 4.31 Å². The molecule has 29 heavy (non-hydrogen) atoms. The normalized spacial score (nSPS) is 20.7. The molecule has 164 valence electrons. The summed E-state index contributed by atoms with van der Waals surface area (Å²) < 4.78 is 26.4. The molecule has 1 saturated carbocycles. The lowest BCUT2D eigenvalue weighted by molar-refractivity contribution is 0.0165. The van der Waals surface area contributed by atoms with Crippen molar-refractivity contribution in [2.75, 3.05) is 31.9 Å². The fraction of sp³-hybridized carbons (Fsp3) is 0.682. The molecule has 1 aliphatic heterocycles. The number of rotatable bonds is 8. The SMILES string of the molecule is CCCS(=O)(=O)N1CCN(C2(CCC(=O)c3ccccc3)CCCCC2)CC1.Cl. The molecule has 0 N–H and O–H groups in total. The first-order valence-corrected chi connectivity index (χ1v) is 12.4. The smallest absolute Gasteiger partial charge is 0.214 e. The van der Waals surface area contributed by atoms with E-state index in [1.165, 1.54) is 19.3 Å². The summed E-state index contributed by atoms with van der Waals surface area (Å²) in [6.45, 7) is 4.63. The molecule has 0 spiro atoms. The Morgan fingerprint density at radius 2 is 1.62 bits per heavy atom. The Labute approximate surface area is 182 Å². The molecule has 3 rings (SSSR count). The first-order valence-electron chi connectivity index (χ1n) is 10.8. The maximum Gasteiger partial charge on any atom is 0.214 e. The highest BCUT2D eigenvalue weighted by Crippen LogP contribution is 2.38. The third kappa shape index (κ3) is 6.03. The minimum absolute atomic E-state index is 0. The highest BCUT2D eigenvalue weighted by Gasteiger charge is 2.40. The second-order valence-electron chi connectivity index (χ2n) is 8.28. The third-order valence-electron chi connectivity index (χ3n) is 6.46. The molecule has 1 saturated heterocycles. The average molecular weight is 443 g/mol. The number of benzene rings is 1. The molecular weight excluding hydrogens is 408 g/mol. The molecule has 2 fully saturated rings. The Morgan fingerprint density at radius 1 is 1.00 bits per heavy atom. The van der Waals surface area contributed by atoms with Gasteiger partial charge in [-0.05, 0) is 25.7 Å². The molecule has 0 radical (unpaired) electrons. The van der Waals surface area contributed by atoms with Crippen LogP contribution in [0.15, 0.2) is 30.3 Å². The lowest BCUT2D eigenvalue weighted by Gasteiger charge is -2.50. The Kier molecular flexibility index (Phi) is 9.14. The monoisotopic (exact) mass is 442 g/mol. The summed E-state index contributed by atoms with van der Waals surface area (Å²) in [5.41, 5.74) is 0.854. The van der Waals surface area contributed by atoms with Crippen molar-refractivity contribution in [2.45, 2.75) is 63.8 Å². The fourth-order valence-electron chi connectivity index (χ4n) is 4.88. The molecule has 0 aromatic heterocycles. The predicted octanol–water partition coefficient (Wildman–Crippen LogP) is 4.13. The summed E-state index contributed by atoms with van der Waals surface area (Å²) >= 11 is 0. The van der Waals surface area contributed by atoms with Gasteiger partial charge in [-0.1, -0.05) is 56.5 Å². The average Bonchev–Trinajstić information content (AvgIpc) is 2.73. The highest BCUT2D eigenvalue weighted by molar-refractivity contribution is 7.89. The van der Waals surface area contributed by atoms with E-state index in [2.05, 4.69) is 4.90 Å². The summed E-state index contributed by atoms with van der Waals surface area (Å²) in [6, 6.07) is 9.56. The zero-order valence-electron chi connectivity index (χ0n) is 17.5. The zero-order valence-corrected chi connectivity index (χ0v) is 19.1. The first-order chi connectivity index (χ1) is 13.5. The molecule has 7 heteroatoms. The molecule has 1 aromatic rings. The number of nitrogens with zero attached hydrogens (tertiary/aromatic N) is 2. The van der Waals surface area contributed by atoms with Crippen molar-refractivity contribution in [1.82, 2.24) is 9.21 Å². The van der Waals surface area contributed by atoms with Crippen molar-refractivity contribution in [2.24, 2.45) is 0 Å². The van der Waals surface area contributed by atoms with Crippen LogP contribution in [-0.2, 0) is 10.0 Å². The van der Waals surface area contributed by atoms with E-state index in [0.29, 0.717) is 25.9 Å². The van der Waals surface area contributed by atoms with Gasteiger partial charge in [0.25, 0.3) is 0 Å². The predicted molar refractivity (Wildman–Crippen MR) is 120 cm³/mol. The number of carbonyl (C=O) groups excluding carboxylic acids is 1. The summed E-state index contributed by atoms with van der Waals surface area (Å²) in [5.74, 6) is 0.457. The van der Waals surface area contributed by atoms with Crippen LogP contribution in [0.3, 0.4) is 0 Å². The Morgan fingerprint density at radius 3 is 2.21 bits per heavy atom. The zero-order chi connectivity index (χ0) is 20.0. The number of sulfonamides is 1. The Hall–Kier alpha value is -0.950. The quantitative estimate of drug-likeness (QED) is 0.568. The minimum Gasteiger partial charge on any atom is -0.295 e. The lowest BCUT2D eigenvalue weighted by Crippen LogP contribution is -2.58. The molecule has 0 atom stereocenters. The van der Waals surface area contributed by atoms with Crippen molar-refractivity contribution in [1.29, 1.82) is 0 Å². The fourth-order valence-corrected chi connectivity index (χ4v) is 6.37. The second kappa shape index (κ2) is 10.9. The van der Waals surface area contributed by atoms with Gasteiger partial charge < -0.3 is 0 Å². The van der Waals surface area contributed by atoms with Crippen molar-refractivity contribution in [3.8, 4) is 0 Å². The number of hydrogen-bond donors (Lipinski definition) is 0.